The third kappa shape index (κ3) is 1.03. The number of thiazole rings is 1. The molecule has 0 aliphatic heterocycles. The molecular weight excluding hydrogens is 162 g/mol. The minimum absolute atomic E-state index is 0.0834. The molecule has 0 amide bonds. The van der Waals surface area contributed by atoms with E-state index in [2.05, 4.69) is 15.0 Å². The van der Waals surface area contributed by atoms with Crippen molar-refractivity contribution in [1.82, 2.24) is 15.0 Å². The van der Waals surface area contributed by atoms with Crippen LogP contribution in [0.1, 0.15) is 5.82 Å². The van der Waals surface area contributed by atoms with Gasteiger partial charge in [0.1, 0.15) is 5.82 Å². The Morgan fingerprint density at radius 3 is 3.27 bits per heavy atom. The van der Waals surface area contributed by atoms with Crippen molar-refractivity contribution in [2.45, 2.75) is 6.92 Å². The van der Waals surface area contributed by atoms with Crippen molar-refractivity contribution in [3.8, 4) is 0 Å². The van der Waals surface area contributed by atoms with Crippen LogP contribution in [-0.2, 0) is 0 Å². The summed E-state index contributed by atoms with van der Waals surface area (Å²) >= 11 is 1.12. The quantitative estimate of drug-likeness (QED) is 0.628. The maximum atomic E-state index is 10.8. The maximum Gasteiger partial charge on any atom is 0.306 e. The number of aromatic nitrogens is 3. The van der Waals surface area contributed by atoms with Gasteiger partial charge in [0.05, 0.1) is 10.9 Å². The fourth-order valence-electron chi connectivity index (χ4n) is 0.845. The summed E-state index contributed by atoms with van der Waals surface area (Å²) in [6.45, 7) is 1.79. The Morgan fingerprint density at radius 2 is 2.45 bits per heavy atom. The lowest BCUT2D eigenvalue weighted by molar-refractivity contribution is 1.08. The van der Waals surface area contributed by atoms with E-state index in [1.54, 1.807) is 13.1 Å². The van der Waals surface area contributed by atoms with Crippen LogP contribution in [0.3, 0.4) is 0 Å². The minimum atomic E-state index is -0.0834. The molecule has 0 saturated carbocycles. The van der Waals surface area contributed by atoms with Gasteiger partial charge in [-0.3, -0.25) is 9.78 Å². The summed E-state index contributed by atoms with van der Waals surface area (Å²) in [6, 6.07) is 0. The molecule has 0 spiro atoms. The summed E-state index contributed by atoms with van der Waals surface area (Å²) in [6.07, 6.45) is 1.65. The highest BCUT2D eigenvalue weighted by Gasteiger charge is 1.99. The van der Waals surface area contributed by atoms with Crippen LogP contribution in [0, 0.1) is 6.92 Å². The van der Waals surface area contributed by atoms with E-state index >= 15 is 0 Å². The van der Waals surface area contributed by atoms with Crippen LogP contribution >= 0.6 is 11.3 Å². The first-order valence-corrected chi connectivity index (χ1v) is 3.90. The molecule has 5 heteroatoms. The molecule has 0 radical (unpaired) electrons. The van der Waals surface area contributed by atoms with E-state index in [1.165, 1.54) is 0 Å². The molecule has 11 heavy (non-hydrogen) atoms. The largest absolute Gasteiger partial charge is 0.306 e. The predicted molar refractivity (Wildman–Crippen MR) is 42.8 cm³/mol. The van der Waals surface area contributed by atoms with Crippen molar-refractivity contribution < 1.29 is 0 Å². The number of hydrogen-bond acceptors (Lipinski definition) is 4. The summed E-state index contributed by atoms with van der Waals surface area (Å²) in [7, 11) is 0. The Hall–Kier alpha value is -1.23. The molecule has 0 fully saturated rings. The third-order valence-electron chi connectivity index (χ3n) is 1.30. The number of rotatable bonds is 0. The van der Waals surface area contributed by atoms with Crippen LogP contribution < -0.4 is 4.87 Å². The highest BCUT2D eigenvalue weighted by molar-refractivity contribution is 7.16. The predicted octanol–water partition coefficient (Wildman–Crippen LogP) is 0.688. The monoisotopic (exact) mass is 167 g/mol. The number of H-pyrrole nitrogens is 1. The van der Waals surface area contributed by atoms with Crippen LogP contribution in [0.5, 0.6) is 0 Å². The normalized spacial score (nSPS) is 10.6. The molecule has 2 aromatic heterocycles. The molecule has 0 atom stereocenters. The first-order valence-electron chi connectivity index (χ1n) is 3.08. The van der Waals surface area contributed by atoms with E-state index in [9.17, 15) is 4.79 Å². The van der Waals surface area contributed by atoms with Crippen molar-refractivity contribution in [3.63, 3.8) is 0 Å². The standard InChI is InChI=1S/C6H5N3OS/c1-3-7-2-4-5(8-3)9-6(10)11-4/h2H,1H3,(H,7,8,9,10). The van der Waals surface area contributed by atoms with E-state index in [0.717, 1.165) is 16.0 Å². The molecule has 2 aromatic rings. The van der Waals surface area contributed by atoms with Crippen LogP contribution in [-0.4, -0.2) is 15.0 Å². The highest BCUT2D eigenvalue weighted by Crippen LogP contribution is 2.08. The Balaban J connectivity index is 2.92. The number of fused-ring (bicyclic) bond motifs is 1. The van der Waals surface area contributed by atoms with Crippen molar-refractivity contribution in [3.05, 3.63) is 21.7 Å². The second-order valence-electron chi connectivity index (χ2n) is 2.14. The van der Waals surface area contributed by atoms with E-state index in [0.29, 0.717) is 11.5 Å². The fourth-order valence-corrected chi connectivity index (χ4v) is 1.49. The van der Waals surface area contributed by atoms with Crippen molar-refractivity contribution in [2.24, 2.45) is 0 Å². The van der Waals surface area contributed by atoms with Gasteiger partial charge in [-0.05, 0) is 6.92 Å². The minimum Gasteiger partial charge on any atom is -0.297 e. The molecule has 2 heterocycles. The van der Waals surface area contributed by atoms with Gasteiger partial charge in [0.25, 0.3) is 0 Å². The molecule has 0 aliphatic carbocycles. The molecule has 0 saturated heterocycles. The molecule has 0 aliphatic rings. The molecule has 2 rings (SSSR count). The lowest BCUT2D eigenvalue weighted by atomic mass is 10.6. The van der Waals surface area contributed by atoms with Crippen molar-refractivity contribution in [2.75, 3.05) is 0 Å². The summed E-state index contributed by atoms with van der Waals surface area (Å²) in [5, 5.41) is 0. The first-order chi connectivity index (χ1) is 5.25. The average Bonchev–Trinajstić information content (AvgIpc) is 2.27. The Labute approximate surface area is 65.9 Å². The Morgan fingerprint density at radius 1 is 1.64 bits per heavy atom. The van der Waals surface area contributed by atoms with Gasteiger partial charge in [0.2, 0.25) is 0 Å². The van der Waals surface area contributed by atoms with Gasteiger partial charge in [-0.1, -0.05) is 11.3 Å². The van der Waals surface area contributed by atoms with Crippen LogP contribution in [0.2, 0.25) is 0 Å². The lowest BCUT2D eigenvalue weighted by Crippen LogP contribution is -1.92. The van der Waals surface area contributed by atoms with Crippen LogP contribution in [0.25, 0.3) is 10.3 Å². The van der Waals surface area contributed by atoms with E-state index in [1.807, 2.05) is 0 Å². The zero-order chi connectivity index (χ0) is 7.84. The van der Waals surface area contributed by atoms with E-state index in [4.69, 9.17) is 0 Å². The van der Waals surface area contributed by atoms with Crippen molar-refractivity contribution >= 4 is 21.7 Å². The zero-order valence-corrected chi connectivity index (χ0v) is 6.60. The number of aryl methyl sites for hydroxylation is 1. The smallest absolute Gasteiger partial charge is 0.297 e. The van der Waals surface area contributed by atoms with Gasteiger partial charge in [0.15, 0.2) is 5.65 Å². The van der Waals surface area contributed by atoms with Crippen LogP contribution in [0.15, 0.2) is 11.0 Å². The van der Waals surface area contributed by atoms with Gasteiger partial charge in [-0.2, -0.15) is 0 Å². The molecular formula is C6H5N3OS. The van der Waals surface area contributed by atoms with Crippen LogP contribution in [0.4, 0.5) is 0 Å². The lowest BCUT2D eigenvalue weighted by Gasteiger charge is -1.87. The van der Waals surface area contributed by atoms with E-state index < -0.39 is 0 Å². The van der Waals surface area contributed by atoms with Gasteiger partial charge < -0.3 is 0 Å². The molecule has 0 unspecified atom stereocenters. The van der Waals surface area contributed by atoms with Gasteiger partial charge in [-0.15, -0.1) is 0 Å². The SMILES string of the molecule is Cc1ncc2sc(=O)[nH]c2n1. The van der Waals surface area contributed by atoms with Gasteiger partial charge in [-0.25, -0.2) is 9.97 Å². The van der Waals surface area contributed by atoms with Gasteiger partial charge in [0, 0.05) is 0 Å². The molecule has 1 N–H and O–H groups in total. The maximum absolute atomic E-state index is 10.8. The topological polar surface area (TPSA) is 58.6 Å². The highest BCUT2D eigenvalue weighted by atomic mass is 32.1. The number of aromatic amines is 1. The summed E-state index contributed by atoms with van der Waals surface area (Å²) in [4.78, 5) is 21.3. The average molecular weight is 167 g/mol. The Bertz CT molecular complexity index is 444. The summed E-state index contributed by atoms with van der Waals surface area (Å²) in [5.74, 6) is 0.673. The summed E-state index contributed by atoms with van der Waals surface area (Å²) in [5.41, 5.74) is 0.632. The number of hydrogen-bond donors (Lipinski definition) is 1. The first kappa shape index (κ1) is 6.48. The molecule has 56 valence electrons. The summed E-state index contributed by atoms with van der Waals surface area (Å²) < 4.78 is 0.806. The zero-order valence-electron chi connectivity index (χ0n) is 5.79. The second-order valence-corrected chi connectivity index (χ2v) is 3.16. The Kier molecular flexibility index (Phi) is 1.25. The molecule has 0 bridgehead atoms. The molecule has 4 nitrogen and oxygen atoms in total. The fraction of sp³-hybridized carbons (Fsp3) is 0.167. The van der Waals surface area contributed by atoms with Gasteiger partial charge >= 0.3 is 4.87 Å². The second kappa shape index (κ2) is 2.13. The van der Waals surface area contributed by atoms with Crippen molar-refractivity contribution in [1.29, 1.82) is 0 Å². The third-order valence-corrected chi connectivity index (χ3v) is 2.10. The van der Waals surface area contributed by atoms with E-state index in [-0.39, 0.29) is 4.87 Å². The number of nitrogens with zero attached hydrogens (tertiary/aromatic N) is 2. The molecule has 0 aromatic carbocycles. The number of nitrogens with one attached hydrogen (secondary N) is 1.